The zero-order chi connectivity index (χ0) is 13.5. The maximum Gasteiger partial charge on any atom is 0.0758 e. The molecule has 1 aliphatic carbocycles. The van der Waals surface area contributed by atoms with E-state index in [4.69, 9.17) is 4.74 Å². The number of methoxy groups -OCH3 is 1. The Morgan fingerprint density at radius 1 is 1.37 bits per heavy atom. The Morgan fingerprint density at radius 2 is 2.21 bits per heavy atom. The highest BCUT2D eigenvalue weighted by Gasteiger charge is 2.11. The Morgan fingerprint density at radius 3 is 3.05 bits per heavy atom. The lowest BCUT2D eigenvalue weighted by Gasteiger charge is -2.12. The standard InChI is InChI=1S/C15H23NO2S/c1-18-8-7-16-10-14(17)11-19-15-6-5-12-3-2-4-13(12)9-15/h5-6,9,14,16-17H,2-4,7-8,10-11H2,1H3. The van der Waals surface area contributed by atoms with Crippen molar-refractivity contribution in [2.75, 3.05) is 32.6 Å². The fraction of sp³-hybridized carbons (Fsp3) is 0.600. The molecular weight excluding hydrogens is 258 g/mol. The molecule has 1 aromatic rings. The molecule has 0 saturated heterocycles. The van der Waals surface area contributed by atoms with Crippen molar-refractivity contribution < 1.29 is 9.84 Å². The van der Waals surface area contributed by atoms with Gasteiger partial charge >= 0.3 is 0 Å². The molecule has 0 radical (unpaired) electrons. The molecule has 2 N–H and O–H groups in total. The Bertz CT molecular complexity index is 398. The number of aliphatic hydroxyl groups is 1. The quantitative estimate of drug-likeness (QED) is 0.564. The smallest absolute Gasteiger partial charge is 0.0758 e. The van der Waals surface area contributed by atoms with E-state index >= 15 is 0 Å². The van der Waals surface area contributed by atoms with E-state index in [0.29, 0.717) is 13.2 Å². The molecule has 1 atom stereocenters. The fourth-order valence-electron chi connectivity index (χ4n) is 2.33. The van der Waals surface area contributed by atoms with E-state index in [1.54, 1.807) is 18.9 Å². The van der Waals surface area contributed by atoms with Crippen molar-refractivity contribution >= 4 is 11.8 Å². The average molecular weight is 281 g/mol. The number of rotatable bonds is 8. The average Bonchev–Trinajstić information content (AvgIpc) is 2.89. The first-order valence-electron chi connectivity index (χ1n) is 6.92. The predicted molar refractivity (Wildman–Crippen MR) is 79.9 cm³/mol. The van der Waals surface area contributed by atoms with E-state index in [-0.39, 0.29) is 6.10 Å². The maximum atomic E-state index is 9.88. The summed E-state index contributed by atoms with van der Waals surface area (Å²) in [6.07, 6.45) is 3.42. The second kappa shape index (κ2) is 7.90. The number of aryl methyl sites for hydroxylation is 2. The number of hydrogen-bond donors (Lipinski definition) is 2. The van der Waals surface area contributed by atoms with Gasteiger partial charge in [0, 0.05) is 30.8 Å². The second-order valence-electron chi connectivity index (χ2n) is 4.95. The van der Waals surface area contributed by atoms with Crippen molar-refractivity contribution in [1.82, 2.24) is 5.32 Å². The molecule has 0 spiro atoms. The van der Waals surface area contributed by atoms with E-state index in [1.165, 1.54) is 35.3 Å². The highest BCUT2D eigenvalue weighted by molar-refractivity contribution is 7.99. The molecule has 0 aromatic heterocycles. The summed E-state index contributed by atoms with van der Waals surface area (Å²) in [6.45, 7) is 2.10. The van der Waals surface area contributed by atoms with Gasteiger partial charge in [-0.05, 0) is 42.5 Å². The molecule has 1 aromatic carbocycles. The number of aliphatic hydroxyl groups excluding tert-OH is 1. The molecule has 3 nitrogen and oxygen atoms in total. The van der Waals surface area contributed by atoms with Crippen LogP contribution >= 0.6 is 11.8 Å². The Labute approximate surface area is 119 Å². The lowest BCUT2D eigenvalue weighted by molar-refractivity contribution is 0.175. The highest BCUT2D eigenvalue weighted by Crippen LogP contribution is 2.27. The van der Waals surface area contributed by atoms with Crippen LogP contribution in [0.5, 0.6) is 0 Å². The first-order valence-corrected chi connectivity index (χ1v) is 7.90. The zero-order valence-electron chi connectivity index (χ0n) is 11.5. The van der Waals surface area contributed by atoms with Crippen molar-refractivity contribution in [2.24, 2.45) is 0 Å². The fourth-order valence-corrected chi connectivity index (χ4v) is 3.22. The lowest BCUT2D eigenvalue weighted by atomic mass is 10.1. The number of benzene rings is 1. The van der Waals surface area contributed by atoms with Gasteiger partial charge in [0.15, 0.2) is 0 Å². The van der Waals surface area contributed by atoms with Gasteiger partial charge in [0.1, 0.15) is 0 Å². The summed E-state index contributed by atoms with van der Waals surface area (Å²) >= 11 is 1.74. The van der Waals surface area contributed by atoms with Gasteiger partial charge in [-0.15, -0.1) is 11.8 Å². The van der Waals surface area contributed by atoms with E-state index in [0.717, 1.165) is 12.3 Å². The SMILES string of the molecule is COCCNCC(O)CSc1ccc2c(c1)CCC2. The Kier molecular flexibility index (Phi) is 6.17. The molecule has 1 unspecified atom stereocenters. The second-order valence-corrected chi connectivity index (χ2v) is 6.04. The normalized spacial score (nSPS) is 15.5. The Hall–Kier alpha value is -0.550. The van der Waals surface area contributed by atoms with Crippen LogP contribution in [0.4, 0.5) is 0 Å². The van der Waals surface area contributed by atoms with Gasteiger partial charge in [0.05, 0.1) is 12.7 Å². The van der Waals surface area contributed by atoms with Crippen LogP contribution in [0.25, 0.3) is 0 Å². The van der Waals surface area contributed by atoms with Crippen molar-refractivity contribution in [3.63, 3.8) is 0 Å². The van der Waals surface area contributed by atoms with Gasteiger partial charge in [-0.3, -0.25) is 0 Å². The number of ether oxygens (including phenoxy) is 1. The van der Waals surface area contributed by atoms with E-state index in [9.17, 15) is 5.11 Å². The van der Waals surface area contributed by atoms with E-state index < -0.39 is 0 Å². The molecule has 0 bridgehead atoms. The van der Waals surface area contributed by atoms with Crippen molar-refractivity contribution in [3.8, 4) is 0 Å². The molecule has 0 fully saturated rings. The van der Waals surface area contributed by atoms with E-state index in [1.807, 2.05) is 0 Å². The van der Waals surface area contributed by atoms with Gasteiger partial charge < -0.3 is 15.2 Å². The van der Waals surface area contributed by atoms with Crippen molar-refractivity contribution in [3.05, 3.63) is 29.3 Å². The van der Waals surface area contributed by atoms with Crippen LogP contribution in [0.1, 0.15) is 17.5 Å². The molecule has 4 heteroatoms. The summed E-state index contributed by atoms with van der Waals surface area (Å²) in [4.78, 5) is 1.27. The van der Waals surface area contributed by atoms with Crippen LogP contribution in [0.3, 0.4) is 0 Å². The number of hydrogen-bond acceptors (Lipinski definition) is 4. The Balaban J connectivity index is 1.70. The van der Waals surface area contributed by atoms with Crippen LogP contribution in [0.15, 0.2) is 23.1 Å². The minimum Gasteiger partial charge on any atom is -0.391 e. The summed E-state index contributed by atoms with van der Waals surface area (Å²) < 4.78 is 4.95. The van der Waals surface area contributed by atoms with Crippen LogP contribution in [-0.4, -0.2) is 43.8 Å². The highest BCUT2D eigenvalue weighted by atomic mass is 32.2. The summed E-state index contributed by atoms with van der Waals surface area (Å²) in [5.41, 5.74) is 3.00. The summed E-state index contributed by atoms with van der Waals surface area (Å²) in [5, 5.41) is 13.1. The van der Waals surface area contributed by atoms with Crippen LogP contribution in [-0.2, 0) is 17.6 Å². The monoisotopic (exact) mass is 281 g/mol. The molecule has 1 aliphatic rings. The molecule has 2 rings (SSSR count). The molecule has 19 heavy (non-hydrogen) atoms. The summed E-state index contributed by atoms with van der Waals surface area (Å²) in [7, 11) is 1.68. The van der Waals surface area contributed by atoms with Gasteiger partial charge in [0.25, 0.3) is 0 Å². The van der Waals surface area contributed by atoms with Gasteiger partial charge in [-0.25, -0.2) is 0 Å². The zero-order valence-corrected chi connectivity index (χ0v) is 12.3. The van der Waals surface area contributed by atoms with Crippen LogP contribution < -0.4 is 5.32 Å². The molecule has 106 valence electrons. The third-order valence-electron chi connectivity index (χ3n) is 3.38. The van der Waals surface area contributed by atoms with Crippen molar-refractivity contribution in [1.29, 1.82) is 0 Å². The predicted octanol–water partition coefficient (Wildman–Crippen LogP) is 1.86. The minimum absolute atomic E-state index is 0.310. The van der Waals surface area contributed by atoms with Gasteiger partial charge in [-0.1, -0.05) is 6.07 Å². The lowest BCUT2D eigenvalue weighted by Crippen LogP contribution is -2.30. The molecule has 0 aliphatic heterocycles. The van der Waals surface area contributed by atoms with Gasteiger partial charge in [0.2, 0.25) is 0 Å². The topological polar surface area (TPSA) is 41.5 Å². The maximum absolute atomic E-state index is 9.88. The summed E-state index contributed by atoms with van der Waals surface area (Å²) in [6, 6.07) is 6.71. The third kappa shape index (κ3) is 4.80. The van der Waals surface area contributed by atoms with E-state index in [2.05, 4.69) is 23.5 Å². The van der Waals surface area contributed by atoms with Gasteiger partial charge in [-0.2, -0.15) is 0 Å². The molecular formula is C15H23NO2S. The molecule has 0 saturated carbocycles. The minimum atomic E-state index is -0.310. The first-order chi connectivity index (χ1) is 9.29. The molecule has 0 amide bonds. The third-order valence-corrected chi connectivity index (χ3v) is 4.51. The number of fused-ring (bicyclic) bond motifs is 1. The number of thioether (sulfide) groups is 1. The number of nitrogens with one attached hydrogen (secondary N) is 1. The first kappa shape index (κ1) is 14.9. The molecule has 0 heterocycles. The van der Waals surface area contributed by atoms with Crippen molar-refractivity contribution in [2.45, 2.75) is 30.3 Å². The van der Waals surface area contributed by atoms with Crippen LogP contribution in [0, 0.1) is 0 Å². The van der Waals surface area contributed by atoms with Crippen LogP contribution in [0.2, 0.25) is 0 Å². The summed E-state index contributed by atoms with van der Waals surface area (Å²) in [5.74, 6) is 0.735. The largest absolute Gasteiger partial charge is 0.391 e.